The van der Waals surface area contributed by atoms with Gasteiger partial charge in [0.25, 0.3) is 0 Å². The van der Waals surface area contributed by atoms with Crippen LogP contribution in [0.3, 0.4) is 0 Å². The summed E-state index contributed by atoms with van der Waals surface area (Å²) in [6.45, 7) is 2.25. The molecule has 204 valence electrons. The van der Waals surface area contributed by atoms with Crippen molar-refractivity contribution in [1.82, 2.24) is 0 Å². The SMILES string of the molecule is CCCCCCCCCCCCCCCCCCC1C=C(S(=O)(=O)[O-])c2ccccc2C1(O)C(=N)[O-].[Na+].[Na+]. The molecule has 2 N–H and O–H groups in total. The number of fused-ring (bicyclic) bond motifs is 1. The maximum Gasteiger partial charge on any atom is 1.00 e. The second-order valence-electron chi connectivity index (χ2n) is 10.3. The average Bonchev–Trinajstić information content (AvgIpc) is 2.84. The molecule has 0 saturated heterocycles. The zero-order valence-electron chi connectivity index (χ0n) is 24.0. The van der Waals surface area contributed by atoms with Crippen LogP contribution in [0.5, 0.6) is 0 Å². The van der Waals surface area contributed by atoms with Crippen molar-refractivity contribution >= 4 is 20.9 Å². The van der Waals surface area contributed by atoms with Gasteiger partial charge in [-0.05, 0) is 23.4 Å². The van der Waals surface area contributed by atoms with Gasteiger partial charge in [-0.15, -0.1) is 0 Å². The topological polar surface area (TPSA) is 124 Å². The number of nitrogens with one attached hydrogen (secondary N) is 1. The van der Waals surface area contributed by atoms with E-state index in [0.29, 0.717) is 12.8 Å². The van der Waals surface area contributed by atoms with Gasteiger partial charge in [0, 0.05) is 5.92 Å². The molecule has 2 atom stereocenters. The van der Waals surface area contributed by atoms with Crippen molar-refractivity contribution in [3.05, 3.63) is 41.5 Å². The van der Waals surface area contributed by atoms with Gasteiger partial charge in [0.15, 0.2) is 0 Å². The van der Waals surface area contributed by atoms with Crippen LogP contribution >= 0.6 is 0 Å². The molecule has 0 radical (unpaired) electrons. The first kappa shape index (κ1) is 38.3. The second-order valence-corrected chi connectivity index (χ2v) is 11.7. The van der Waals surface area contributed by atoms with Crippen molar-refractivity contribution < 1.29 is 82.3 Å². The first-order chi connectivity index (χ1) is 17.2. The Morgan fingerprint density at radius 1 is 0.842 bits per heavy atom. The van der Waals surface area contributed by atoms with Crippen LogP contribution < -0.4 is 64.2 Å². The number of benzene rings is 1. The monoisotopic (exact) mass is 565 g/mol. The minimum Gasteiger partial charge on any atom is -0.860 e. The van der Waals surface area contributed by atoms with Gasteiger partial charge in [-0.25, -0.2) is 8.42 Å². The molecule has 9 heteroatoms. The van der Waals surface area contributed by atoms with Gasteiger partial charge < -0.3 is 20.2 Å². The molecule has 0 aromatic heterocycles. The molecule has 38 heavy (non-hydrogen) atoms. The maximum atomic E-state index is 12.2. The average molecular weight is 566 g/mol. The van der Waals surface area contributed by atoms with Gasteiger partial charge >= 0.3 is 59.1 Å². The Balaban J connectivity index is 0.00000684. The molecule has 6 nitrogen and oxygen atoms in total. The van der Waals surface area contributed by atoms with Gasteiger partial charge in [-0.3, -0.25) is 0 Å². The van der Waals surface area contributed by atoms with E-state index in [1.165, 1.54) is 95.3 Å². The summed E-state index contributed by atoms with van der Waals surface area (Å²) in [4.78, 5) is -0.412. The molecule has 2 rings (SSSR count). The quantitative estimate of drug-likeness (QED) is 0.0826. The van der Waals surface area contributed by atoms with Crippen LogP contribution in [0.4, 0.5) is 0 Å². The number of aliphatic hydroxyl groups is 1. The van der Waals surface area contributed by atoms with Crippen molar-refractivity contribution in [3.8, 4) is 0 Å². The molecular weight excluding hydrogens is 520 g/mol. The molecule has 0 saturated carbocycles. The maximum absolute atomic E-state index is 12.2. The van der Waals surface area contributed by atoms with Crippen LogP contribution in [0.25, 0.3) is 4.91 Å². The van der Waals surface area contributed by atoms with Gasteiger partial charge in [0.05, 0.1) is 4.91 Å². The molecule has 0 heterocycles. The third-order valence-corrected chi connectivity index (χ3v) is 8.37. The van der Waals surface area contributed by atoms with Gasteiger partial charge in [0.1, 0.15) is 15.7 Å². The van der Waals surface area contributed by atoms with Gasteiger partial charge in [0.2, 0.25) is 0 Å². The number of hydrogen-bond donors (Lipinski definition) is 2. The first-order valence-electron chi connectivity index (χ1n) is 14.0. The molecule has 0 bridgehead atoms. The third-order valence-electron chi connectivity index (χ3n) is 7.48. The Bertz CT molecular complexity index is 954. The molecule has 0 spiro atoms. The van der Waals surface area contributed by atoms with E-state index < -0.39 is 32.4 Å². The van der Waals surface area contributed by atoms with Crippen molar-refractivity contribution in [3.63, 3.8) is 0 Å². The zero-order valence-corrected chi connectivity index (χ0v) is 28.8. The largest absolute Gasteiger partial charge is 1.00 e. The summed E-state index contributed by atoms with van der Waals surface area (Å²) in [5.74, 6) is -2.10. The smallest absolute Gasteiger partial charge is 0.860 e. The normalized spacial score (nSPS) is 18.6. The summed E-state index contributed by atoms with van der Waals surface area (Å²) in [6, 6.07) is 5.94. The molecule has 0 aliphatic heterocycles. The number of hydrogen-bond acceptors (Lipinski definition) is 6. The summed E-state index contributed by atoms with van der Waals surface area (Å²) in [5, 5.41) is 31.1. The van der Waals surface area contributed by atoms with E-state index in [0.717, 1.165) is 19.3 Å². The van der Waals surface area contributed by atoms with Crippen LogP contribution in [0.1, 0.15) is 127 Å². The second kappa shape index (κ2) is 20.2. The van der Waals surface area contributed by atoms with Crippen molar-refractivity contribution in [2.24, 2.45) is 5.92 Å². The predicted molar refractivity (Wildman–Crippen MR) is 143 cm³/mol. The van der Waals surface area contributed by atoms with E-state index in [-0.39, 0.29) is 70.2 Å². The zero-order chi connectivity index (χ0) is 26.4. The van der Waals surface area contributed by atoms with Crippen molar-refractivity contribution in [2.45, 2.75) is 122 Å². The Labute approximate surface area is 275 Å². The Hall–Kier alpha value is 0.300. The molecule has 1 aromatic carbocycles. The molecular formula is C29H45NNa2O5S. The van der Waals surface area contributed by atoms with E-state index >= 15 is 0 Å². The summed E-state index contributed by atoms with van der Waals surface area (Å²) in [6.07, 6.45) is 21.2. The number of rotatable bonds is 19. The van der Waals surface area contributed by atoms with Gasteiger partial charge in [-0.1, -0.05) is 140 Å². The Kier molecular flexibility index (Phi) is 20.4. The van der Waals surface area contributed by atoms with E-state index in [4.69, 9.17) is 5.41 Å². The fraction of sp³-hybridized carbons (Fsp3) is 0.690. The van der Waals surface area contributed by atoms with Crippen LogP contribution in [0, 0.1) is 11.3 Å². The predicted octanol–water partition coefficient (Wildman–Crippen LogP) is 0.387. The number of unbranched alkanes of at least 4 members (excludes halogenated alkanes) is 15. The summed E-state index contributed by atoms with van der Waals surface area (Å²) in [7, 11) is -4.78. The van der Waals surface area contributed by atoms with Crippen LogP contribution in [0.2, 0.25) is 0 Å². The van der Waals surface area contributed by atoms with Crippen LogP contribution in [-0.2, 0) is 15.7 Å². The van der Waals surface area contributed by atoms with E-state index in [9.17, 15) is 23.2 Å². The summed E-state index contributed by atoms with van der Waals surface area (Å²) < 4.78 is 35.6. The van der Waals surface area contributed by atoms with E-state index in [1.807, 2.05) is 0 Å². The van der Waals surface area contributed by atoms with Gasteiger partial charge in [-0.2, -0.15) is 0 Å². The molecule has 2 unspecified atom stereocenters. The molecule has 1 aromatic rings. The van der Waals surface area contributed by atoms with Crippen LogP contribution in [-0.4, -0.2) is 24.0 Å². The minimum atomic E-state index is -4.78. The molecule has 0 fully saturated rings. The first-order valence-corrected chi connectivity index (χ1v) is 15.4. The minimum absolute atomic E-state index is 0. The molecule has 1 aliphatic carbocycles. The Morgan fingerprint density at radius 2 is 1.26 bits per heavy atom. The molecule has 0 amide bonds. The molecule has 1 aliphatic rings. The fourth-order valence-electron chi connectivity index (χ4n) is 5.34. The standard InChI is InChI=1S/C29H47NO5S.2Na/c1-2-3-4-5-6-7-8-9-10-11-12-13-14-15-16-17-20-24-23-27(36(33,34)35)25-21-18-19-22-26(25)29(24,32)28(30)31;;/h18-19,21-24,32H,2-17,20H2,1H3,(H2,30,31)(H,33,34,35);;/q;2*+1/p-2. The fourth-order valence-corrected chi connectivity index (χ4v) is 6.11. The van der Waals surface area contributed by atoms with Crippen molar-refractivity contribution in [1.29, 1.82) is 5.41 Å². The summed E-state index contributed by atoms with van der Waals surface area (Å²) >= 11 is 0. The van der Waals surface area contributed by atoms with Crippen LogP contribution in [0.15, 0.2) is 30.3 Å². The van der Waals surface area contributed by atoms with Crippen molar-refractivity contribution in [2.75, 3.05) is 0 Å². The van der Waals surface area contributed by atoms with E-state index in [1.54, 1.807) is 12.1 Å². The Morgan fingerprint density at radius 3 is 1.68 bits per heavy atom. The summed E-state index contributed by atoms with van der Waals surface area (Å²) in [5.41, 5.74) is -2.09. The van der Waals surface area contributed by atoms with E-state index in [2.05, 4.69) is 6.92 Å². The third kappa shape index (κ3) is 12.0.